The first-order valence-electron chi connectivity index (χ1n) is 6.87. The van der Waals surface area contributed by atoms with Gasteiger partial charge in [-0.2, -0.15) is 0 Å². The molecule has 1 aliphatic rings. The molecule has 0 radical (unpaired) electrons. The minimum absolute atomic E-state index is 0.0308. The molecular formula is C15H19NO3S. The highest BCUT2D eigenvalue weighted by atomic mass is 32.1. The third kappa shape index (κ3) is 4.07. The first-order chi connectivity index (χ1) is 9.70. The largest absolute Gasteiger partial charge is 0.395 e. The van der Waals surface area contributed by atoms with Gasteiger partial charge in [0.1, 0.15) is 4.88 Å². The van der Waals surface area contributed by atoms with E-state index < -0.39 is 0 Å². The monoisotopic (exact) mass is 293 g/mol. The second kappa shape index (κ2) is 7.44. The SMILES string of the molecule is O=C(NC1CCC(O)CC1)c1sccc1C#CCCO. The Balaban J connectivity index is 1.96. The van der Waals surface area contributed by atoms with Gasteiger partial charge in [0.2, 0.25) is 0 Å². The summed E-state index contributed by atoms with van der Waals surface area (Å²) in [6.07, 6.45) is 3.34. The number of rotatable bonds is 3. The van der Waals surface area contributed by atoms with Crippen molar-refractivity contribution in [1.29, 1.82) is 0 Å². The predicted molar refractivity (Wildman–Crippen MR) is 78.6 cm³/mol. The van der Waals surface area contributed by atoms with Crippen LogP contribution in [0.2, 0.25) is 0 Å². The molecular weight excluding hydrogens is 274 g/mol. The molecule has 1 aromatic heterocycles. The summed E-state index contributed by atoms with van der Waals surface area (Å²) in [6.45, 7) is 0.0308. The molecule has 2 rings (SSSR count). The molecule has 5 heteroatoms. The maximum Gasteiger partial charge on any atom is 0.262 e. The summed E-state index contributed by atoms with van der Waals surface area (Å²) < 4.78 is 0. The molecule has 1 aromatic rings. The predicted octanol–water partition coefficient (Wildman–Crippen LogP) is 1.52. The van der Waals surface area contributed by atoms with Crippen LogP contribution in [0.15, 0.2) is 11.4 Å². The molecule has 1 saturated carbocycles. The van der Waals surface area contributed by atoms with Gasteiger partial charge in [0, 0.05) is 18.0 Å². The van der Waals surface area contributed by atoms with Crippen molar-refractivity contribution in [3.05, 3.63) is 21.9 Å². The van der Waals surface area contributed by atoms with Gasteiger partial charge in [-0.3, -0.25) is 4.79 Å². The van der Waals surface area contributed by atoms with Crippen LogP contribution in [-0.4, -0.2) is 34.9 Å². The van der Waals surface area contributed by atoms with Crippen LogP contribution in [0.5, 0.6) is 0 Å². The standard InChI is InChI=1S/C15H19NO3S/c17-9-2-1-3-11-8-10-20-14(11)15(19)16-12-4-6-13(18)7-5-12/h8,10,12-13,17-18H,2,4-7,9H2,(H,16,19). The first-order valence-corrected chi connectivity index (χ1v) is 7.75. The zero-order valence-corrected chi connectivity index (χ0v) is 12.1. The van der Waals surface area contributed by atoms with Gasteiger partial charge in [-0.15, -0.1) is 11.3 Å². The lowest BCUT2D eigenvalue weighted by Gasteiger charge is -2.26. The number of nitrogens with one attached hydrogen (secondary N) is 1. The maximum atomic E-state index is 12.2. The van der Waals surface area contributed by atoms with Gasteiger partial charge < -0.3 is 15.5 Å². The number of hydrogen-bond acceptors (Lipinski definition) is 4. The zero-order chi connectivity index (χ0) is 14.4. The van der Waals surface area contributed by atoms with Gasteiger partial charge in [-0.25, -0.2) is 0 Å². The molecule has 1 aliphatic carbocycles. The van der Waals surface area contributed by atoms with Gasteiger partial charge in [0.15, 0.2) is 0 Å². The van der Waals surface area contributed by atoms with Crippen LogP contribution in [0.4, 0.5) is 0 Å². The van der Waals surface area contributed by atoms with Crippen molar-refractivity contribution in [3.8, 4) is 11.8 Å². The summed E-state index contributed by atoms with van der Waals surface area (Å²) in [5.41, 5.74) is 0.719. The summed E-state index contributed by atoms with van der Waals surface area (Å²) in [5.74, 6) is 5.67. The third-order valence-electron chi connectivity index (χ3n) is 3.36. The fraction of sp³-hybridized carbons (Fsp3) is 0.533. The molecule has 0 saturated heterocycles. The molecule has 1 amide bonds. The second-order valence-electron chi connectivity index (χ2n) is 4.92. The van der Waals surface area contributed by atoms with E-state index in [0.29, 0.717) is 11.3 Å². The van der Waals surface area contributed by atoms with Crippen LogP contribution in [0.25, 0.3) is 0 Å². The van der Waals surface area contributed by atoms with Crippen molar-refractivity contribution in [2.75, 3.05) is 6.61 Å². The number of amides is 1. The van der Waals surface area contributed by atoms with Crippen LogP contribution in [0.3, 0.4) is 0 Å². The lowest BCUT2D eigenvalue weighted by molar-refractivity contribution is 0.0871. The summed E-state index contributed by atoms with van der Waals surface area (Å²) in [6, 6.07) is 1.97. The van der Waals surface area contributed by atoms with Crippen LogP contribution in [-0.2, 0) is 0 Å². The molecule has 0 bridgehead atoms. The lowest BCUT2D eigenvalue weighted by Crippen LogP contribution is -2.38. The molecule has 20 heavy (non-hydrogen) atoms. The summed E-state index contributed by atoms with van der Waals surface area (Å²) >= 11 is 1.38. The minimum atomic E-state index is -0.218. The first kappa shape index (κ1) is 15.0. The summed E-state index contributed by atoms with van der Waals surface area (Å²) in [7, 11) is 0. The molecule has 0 aromatic carbocycles. The smallest absolute Gasteiger partial charge is 0.262 e. The average Bonchev–Trinajstić information content (AvgIpc) is 2.90. The Labute approximate surface area is 122 Å². The molecule has 0 spiro atoms. The fourth-order valence-electron chi connectivity index (χ4n) is 2.27. The maximum absolute atomic E-state index is 12.2. The number of aliphatic hydroxyl groups is 2. The van der Waals surface area contributed by atoms with E-state index in [1.165, 1.54) is 11.3 Å². The van der Waals surface area contributed by atoms with Crippen molar-refractivity contribution in [1.82, 2.24) is 5.32 Å². The lowest BCUT2D eigenvalue weighted by atomic mass is 9.93. The summed E-state index contributed by atoms with van der Waals surface area (Å²) in [5, 5.41) is 23.0. The van der Waals surface area contributed by atoms with Crippen LogP contribution in [0.1, 0.15) is 47.3 Å². The molecule has 1 heterocycles. The van der Waals surface area contributed by atoms with E-state index in [1.54, 1.807) is 0 Å². The Kier molecular flexibility index (Phi) is 5.60. The van der Waals surface area contributed by atoms with Crippen molar-refractivity contribution < 1.29 is 15.0 Å². The normalized spacial score (nSPS) is 21.9. The number of carbonyl (C=O) groups is 1. The molecule has 0 unspecified atom stereocenters. The molecule has 0 atom stereocenters. The fourth-order valence-corrected chi connectivity index (χ4v) is 3.02. The van der Waals surface area contributed by atoms with Crippen molar-refractivity contribution >= 4 is 17.2 Å². The van der Waals surface area contributed by atoms with Crippen molar-refractivity contribution in [2.24, 2.45) is 0 Å². The van der Waals surface area contributed by atoms with Gasteiger partial charge in [0.05, 0.1) is 12.7 Å². The van der Waals surface area contributed by atoms with Crippen LogP contribution >= 0.6 is 11.3 Å². The Morgan fingerprint density at radius 1 is 1.40 bits per heavy atom. The van der Waals surface area contributed by atoms with Gasteiger partial charge in [0.25, 0.3) is 5.91 Å². The third-order valence-corrected chi connectivity index (χ3v) is 4.28. The molecule has 4 nitrogen and oxygen atoms in total. The number of aliphatic hydroxyl groups excluding tert-OH is 2. The zero-order valence-electron chi connectivity index (χ0n) is 11.3. The molecule has 3 N–H and O–H groups in total. The Hall–Kier alpha value is -1.35. The van der Waals surface area contributed by atoms with Crippen molar-refractivity contribution in [3.63, 3.8) is 0 Å². The van der Waals surface area contributed by atoms with E-state index in [9.17, 15) is 9.90 Å². The highest BCUT2D eigenvalue weighted by molar-refractivity contribution is 7.12. The van der Waals surface area contributed by atoms with E-state index in [0.717, 1.165) is 31.2 Å². The number of thiophene rings is 1. The van der Waals surface area contributed by atoms with E-state index in [1.807, 2.05) is 11.4 Å². The minimum Gasteiger partial charge on any atom is -0.395 e. The molecule has 0 aliphatic heterocycles. The van der Waals surface area contributed by atoms with Crippen molar-refractivity contribution in [2.45, 2.75) is 44.2 Å². The number of hydrogen-bond donors (Lipinski definition) is 3. The summed E-state index contributed by atoms with van der Waals surface area (Å²) in [4.78, 5) is 12.9. The second-order valence-corrected chi connectivity index (χ2v) is 5.83. The molecule has 1 fully saturated rings. The topological polar surface area (TPSA) is 69.6 Å². The van der Waals surface area contributed by atoms with Crippen LogP contribution in [0, 0.1) is 11.8 Å². The highest BCUT2D eigenvalue weighted by Gasteiger charge is 2.22. The van der Waals surface area contributed by atoms with E-state index in [2.05, 4.69) is 17.2 Å². The molecule has 108 valence electrons. The van der Waals surface area contributed by atoms with Crippen LogP contribution < -0.4 is 5.32 Å². The van der Waals surface area contributed by atoms with E-state index in [4.69, 9.17) is 5.11 Å². The average molecular weight is 293 g/mol. The van der Waals surface area contributed by atoms with E-state index in [-0.39, 0.29) is 24.7 Å². The van der Waals surface area contributed by atoms with E-state index >= 15 is 0 Å². The highest BCUT2D eigenvalue weighted by Crippen LogP contribution is 2.20. The van der Waals surface area contributed by atoms with Gasteiger partial charge >= 0.3 is 0 Å². The Morgan fingerprint density at radius 2 is 2.15 bits per heavy atom. The Bertz CT molecular complexity index is 507. The van der Waals surface area contributed by atoms with Gasteiger partial charge in [-0.1, -0.05) is 11.8 Å². The van der Waals surface area contributed by atoms with Gasteiger partial charge in [-0.05, 0) is 37.1 Å². The Morgan fingerprint density at radius 3 is 2.85 bits per heavy atom. The number of carbonyl (C=O) groups excluding carboxylic acids is 1. The quantitative estimate of drug-likeness (QED) is 0.740.